The summed E-state index contributed by atoms with van der Waals surface area (Å²) in [5.74, 6) is -0.322. The van der Waals surface area contributed by atoms with E-state index < -0.39 is 36.2 Å². The zero-order chi connectivity index (χ0) is 24.8. The fraction of sp³-hybridized carbons (Fsp3) is 0.346. The predicted octanol–water partition coefficient (Wildman–Crippen LogP) is 3.44. The molecule has 0 aromatic heterocycles. The molecule has 1 aliphatic carbocycles. The number of amides is 2. The molecule has 2 N–H and O–H groups in total. The first-order valence-electron chi connectivity index (χ1n) is 11.5. The van der Waals surface area contributed by atoms with E-state index in [2.05, 4.69) is 10.6 Å². The molecule has 184 valence electrons. The van der Waals surface area contributed by atoms with Gasteiger partial charge in [-0.2, -0.15) is 0 Å². The number of nitrogens with one attached hydrogen (secondary N) is 2. The maximum absolute atomic E-state index is 12.2. The van der Waals surface area contributed by atoms with Gasteiger partial charge in [-0.1, -0.05) is 12.1 Å². The molecule has 0 radical (unpaired) electrons. The summed E-state index contributed by atoms with van der Waals surface area (Å²) in [6.45, 7) is 0.995. The molecule has 1 aliphatic heterocycles. The Labute approximate surface area is 203 Å². The normalized spacial score (nSPS) is 16.2. The van der Waals surface area contributed by atoms with E-state index in [1.165, 1.54) is 13.0 Å². The van der Waals surface area contributed by atoms with Gasteiger partial charge in [-0.25, -0.2) is 4.79 Å². The Hall–Kier alpha value is -4.01. The number of rotatable bonds is 8. The third kappa shape index (κ3) is 6.11. The zero-order valence-electron chi connectivity index (χ0n) is 19.7. The molecule has 0 bridgehead atoms. The second-order valence-corrected chi connectivity index (χ2v) is 8.48. The lowest BCUT2D eigenvalue weighted by Gasteiger charge is -2.21. The van der Waals surface area contributed by atoms with Crippen LogP contribution >= 0.6 is 0 Å². The van der Waals surface area contributed by atoms with E-state index in [0.29, 0.717) is 22.9 Å². The standard InChI is InChI=1S/C26H28N2O7/c1-17(27-23(29)12-7-18-5-9-20(32-2)10-6-18)25(31)33-16-24(30)28-19-8-11-21-22(15-19)35-26(34-21)13-3-4-14-26/h5-12,15,17H,3-4,13-14,16H2,1-2H3,(H,27,29)(H,28,30). The van der Waals surface area contributed by atoms with Crippen molar-refractivity contribution in [2.45, 2.75) is 44.4 Å². The highest BCUT2D eigenvalue weighted by atomic mass is 16.7. The maximum Gasteiger partial charge on any atom is 0.328 e. The van der Waals surface area contributed by atoms with Crippen molar-refractivity contribution in [2.75, 3.05) is 19.0 Å². The van der Waals surface area contributed by atoms with Crippen LogP contribution in [0.4, 0.5) is 5.69 Å². The molecular formula is C26H28N2O7. The van der Waals surface area contributed by atoms with Crippen molar-refractivity contribution in [3.8, 4) is 17.2 Å². The number of hydrogen-bond acceptors (Lipinski definition) is 7. The highest BCUT2D eigenvalue weighted by Crippen LogP contribution is 2.47. The smallest absolute Gasteiger partial charge is 0.328 e. The molecule has 35 heavy (non-hydrogen) atoms. The molecule has 1 atom stereocenters. The van der Waals surface area contributed by atoms with E-state index in [-0.39, 0.29) is 0 Å². The van der Waals surface area contributed by atoms with Crippen molar-refractivity contribution < 1.29 is 33.3 Å². The first kappa shape index (κ1) is 24.1. The Morgan fingerprint density at radius 3 is 2.49 bits per heavy atom. The number of methoxy groups -OCH3 is 1. The molecule has 2 aliphatic rings. The first-order valence-corrected chi connectivity index (χ1v) is 11.5. The van der Waals surface area contributed by atoms with Gasteiger partial charge >= 0.3 is 5.97 Å². The first-order chi connectivity index (χ1) is 16.9. The Morgan fingerprint density at radius 2 is 1.77 bits per heavy atom. The Bertz CT molecular complexity index is 1120. The maximum atomic E-state index is 12.2. The lowest BCUT2D eigenvalue weighted by molar-refractivity contribution is -0.149. The summed E-state index contributed by atoms with van der Waals surface area (Å²) in [4.78, 5) is 36.5. The van der Waals surface area contributed by atoms with E-state index in [4.69, 9.17) is 18.9 Å². The van der Waals surface area contributed by atoms with E-state index >= 15 is 0 Å². The van der Waals surface area contributed by atoms with Crippen molar-refractivity contribution in [1.29, 1.82) is 0 Å². The minimum Gasteiger partial charge on any atom is -0.497 e. The predicted molar refractivity (Wildman–Crippen MR) is 128 cm³/mol. The fourth-order valence-electron chi connectivity index (χ4n) is 3.96. The van der Waals surface area contributed by atoms with Gasteiger partial charge in [-0.05, 0) is 55.7 Å². The summed E-state index contributed by atoms with van der Waals surface area (Å²) >= 11 is 0. The van der Waals surface area contributed by atoms with Gasteiger partial charge in [0.05, 0.1) is 7.11 Å². The van der Waals surface area contributed by atoms with Crippen molar-refractivity contribution in [2.24, 2.45) is 0 Å². The SMILES string of the molecule is COc1ccc(C=CC(=O)NC(C)C(=O)OCC(=O)Nc2ccc3c(c2)OC2(CCCC2)O3)cc1. The van der Waals surface area contributed by atoms with Crippen LogP contribution in [0.5, 0.6) is 17.2 Å². The minimum atomic E-state index is -0.927. The van der Waals surface area contributed by atoms with Crippen LogP contribution in [-0.2, 0) is 19.1 Å². The number of carbonyl (C=O) groups excluding carboxylic acids is 3. The third-order valence-corrected chi connectivity index (χ3v) is 5.79. The minimum absolute atomic E-state index is 0.463. The van der Waals surface area contributed by atoms with Crippen LogP contribution in [0.15, 0.2) is 48.5 Å². The number of benzene rings is 2. The largest absolute Gasteiger partial charge is 0.497 e. The molecule has 1 heterocycles. The molecule has 4 rings (SSSR count). The van der Waals surface area contributed by atoms with E-state index in [1.54, 1.807) is 55.7 Å². The Kier molecular flexibility index (Phi) is 7.24. The summed E-state index contributed by atoms with van der Waals surface area (Å²) in [6.07, 6.45) is 6.71. The van der Waals surface area contributed by atoms with Crippen LogP contribution in [0.1, 0.15) is 38.2 Å². The average molecular weight is 481 g/mol. The van der Waals surface area contributed by atoms with Crippen LogP contribution in [0.25, 0.3) is 6.08 Å². The third-order valence-electron chi connectivity index (χ3n) is 5.79. The summed E-state index contributed by atoms with van der Waals surface area (Å²) < 4.78 is 22.1. The number of carbonyl (C=O) groups is 3. The molecule has 0 saturated heterocycles. The quantitative estimate of drug-likeness (QED) is 0.440. The molecule has 9 nitrogen and oxygen atoms in total. The second-order valence-electron chi connectivity index (χ2n) is 8.48. The van der Waals surface area contributed by atoms with Gasteiger partial charge in [-0.15, -0.1) is 0 Å². The highest BCUT2D eigenvalue weighted by Gasteiger charge is 2.44. The monoisotopic (exact) mass is 480 g/mol. The van der Waals surface area contributed by atoms with Crippen molar-refractivity contribution in [3.63, 3.8) is 0 Å². The van der Waals surface area contributed by atoms with Crippen LogP contribution in [0.3, 0.4) is 0 Å². The second kappa shape index (κ2) is 10.5. The van der Waals surface area contributed by atoms with Gasteiger partial charge in [-0.3, -0.25) is 9.59 Å². The number of anilines is 1. The van der Waals surface area contributed by atoms with E-state index in [0.717, 1.165) is 31.2 Å². The number of hydrogen-bond donors (Lipinski definition) is 2. The van der Waals surface area contributed by atoms with Crippen molar-refractivity contribution in [3.05, 3.63) is 54.1 Å². The van der Waals surface area contributed by atoms with Crippen LogP contribution in [-0.4, -0.2) is 43.3 Å². The summed E-state index contributed by atoms with van der Waals surface area (Å²) in [5.41, 5.74) is 1.31. The lowest BCUT2D eigenvalue weighted by Crippen LogP contribution is -2.39. The summed E-state index contributed by atoms with van der Waals surface area (Å²) in [5, 5.41) is 5.18. The molecule has 1 unspecified atom stereocenters. The van der Waals surface area contributed by atoms with Crippen LogP contribution in [0.2, 0.25) is 0 Å². The number of ether oxygens (including phenoxy) is 4. The van der Waals surface area contributed by atoms with E-state index in [9.17, 15) is 14.4 Å². The molecule has 9 heteroatoms. The van der Waals surface area contributed by atoms with Gasteiger partial charge in [0.15, 0.2) is 18.1 Å². The van der Waals surface area contributed by atoms with Crippen molar-refractivity contribution in [1.82, 2.24) is 5.32 Å². The lowest BCUT2D eigenvalue weighted by atomic mass is 10.2. The topological polar surface area (TPSA) is 112 Å². The van der Waals surface area contributed by atoms with Gasteiger partial charge < -0.3 is 29.6 Å². The zero-order valence-corrected chi connectivity index (χ0v) is 19.7. The molecule has 2 amide bonds. The van der Waals surface area contributed by atoms with Gasteiger partial charge in [0, 0.05) is 30.7 Å². The average Bonchev–Trinajstić information content (AvgIpc) is 3.46. The molecule has 2 aromatic carbocycles. The number of fused-ring (bicyclic) bond motifs is 1. The van der Waals surface area contributed by atoms with Crippen molar-refractivity contribution >= 4 is 29.5 Å². The summed E-state index contributed by atoms with van der Waals surface area (Å²) in [7, 11) is 1.57. The highest BCUT2D eigenvalue weighted by molar-refractivity contribution is 5.96. The Balaban J connectivity index is 1.20. The van der Waals surface area contributed by atoms with Gasteiger partial charge in [0.1, 0.15) is 11.8 Å². The summed E-state index contributed by atoms with van der Waals surface area (Å²) in [6, 6.07) is 11.4. The van der Waals surface area contributed by atoms with E-state index in [1.807, 2.05) is 0 Å². The molecule has 1 saturated carbocycles. The molecule has 1 fully saturated rings. The Morgan fingerprint density at radius 1 is 1.06 bits per heavy atom. The molecule has 2 aromatic rings. The van der Waals surface area contributed by atoms with Gasteiger partial charge in [0.2, 0.25) is 5.91 Å². The van der Waals surface area contributed by atoms with Crippen LogP contribution < -0.4 is 24.8 Å². The fourth-order valence-corrected chi connectivity index (χ4v) is 3.96. The van der Waals surface area contributed by atoms with Crippen LogP contribution in [0, 0.1) is 0 Å². The number of esters is 1. The van der Waals surface area contributed by atoms with Gasteiger partial charge in [0.25, 0.3) is 11.7 Å². The molecular weight excluding hydrogens is 452 g/mol. The molecule has 1 spiro atoms.